The first-order valence-corrected chi connectivity index (χ1v) is 7.54. The van der Waals surface area contributed by atoms with E-state index in [0.29, 0.717) is 6.04 Å². The quantitative estimate of drug-likeness (QED) is 0.772. The lowest BCUT2D eigenvalue weighted by Gasteiger charge is -2.12. The van der Waals surface area contributed by atoms with Crippen molar-refractivity contribution in [3.8, 4) is 11.4 Å². The monoisotopic (exact) mass is 294 g/mol. The maximum atomic E-state index is 4.71. The van der Waals surface area contributed by atoms with Crippen LogP contribution in [-0.4, -0.2) is 38.5 Å². The van der Waals surface area contributed by atoms with Gasteiger partial charge < -0.3 is 10.6 Å². The van der Waals surface area contributed by atoms with Gasteiger partial charge in [-0.15, -0.1) is 0 Å². The van der Waals surface area contributed by atoms with E-state index in [-0.39, 0.29) is 0 Å². The molecule has 6 heteroatoms. The Hall–Kier alpha value is -2.47. The van der Waals surface area contributed by atoms with Gasteiger partial charge in [-0.25, -0.2) is 9.97 Å². The van der Waals surface area contributed by atoms with Crippen LogP contribution in [0.4, 0.5) is 5.82 Å². The molecule has 0 spiro atoms. The highest BCUT2D eigenvalue weighted by Crippen LogP contribution is 2.21. The fourth-order valence-corrected chi connectivity index (χ4v) is 2.93. The molecule has 3 aromatic heterocycles. The van der Waals surface area contributed by atoms with Crippen molar-refractivity contribution < 1.29 is 0 Å². The standard InChI is InChI=1S/C16H18N6/c1-11-3-2-4-16-19-9-14(22(11)16)13-8-18-10-15(21-13)20-12-5-6-17-7-12/h2-4,8-10,12,17H,5-7H2,1H3,(H,20,21). The van der Waals surface area contributed by atoms with Crippen LogP contribution in [0.15, 0.2) is 36.8 Å². The van der Waals surface area contributed by atoms with Gasteiger partial charge in [0.25, 0.3) is 0 Å². The summed E-state index contributed by atoms with van der Waals surface area (Å²) in [6, 6.07) is 6.50. The zero-order chi connectivity index (χ0) is 14.9. The first-order chi connectivity index (χ1) is 10.8. The van der Waals surface area contributed by atoms with Crippen LogP contribution >= 0.6 is 0 Å². The summed E-state index contributed by atoms with van der Waals surface area (Å²) in [4.78, 5) is 13.5. The van der Waals surface area contributed by atoms with Crippen molar-refractivity contribution in [1.29, 1.82) is 0 Å². The Bertz CT molecular complexity index is 803. The number of aromatic nitrogens is 4. The molecule has 112 valence electrons. The molecule has 22 heavy (non-hydrogen) atoms. The molecule has 4 rings (SSSR count). The summed E-state index contributed by atoms with van der Waals surface area (Å²) in [6.45, 7) is 4.09. The molecule has 1 fully saturated rings. The number of hydrogen-bond acceptors (Lipinski definition) is 5. The molecule has 1 unspecified atom stereocenters. The second kappa shape index (κ2) is 5.38. The third kappa shape index (κ3) is 2.31. The highest BCUT2D eigenvalue weighted by atomic mass is 15.1. The predicted molar refractivity (Wildman–Crippen MR) is 85.9 cm³/mol. The normalized spacial score (nSPS) is 18.0. The van der Waals surface area contributed by atoms with Crippen LogP contribution in [0.1, 0.15) is 12.1 Å². The number of hydrogen-bond donors (Lipinski definition) is 2. The Balaban J connectivity index is 1.72. The Morgan fingerprint density at radius 2 is 2.23 bits per heavy atom. The van der Waals surface area contributed by atoms with E-state index in [1.807, 2.05) is 18.3 Å². The van der Waals surface area contributed by atoms with Crippen LogP contribution in [0, 0.1) is 6.92 Å². The molecule has 0 aliphatic carbocycles. The smallest absolute Gasteiger partial charge is 0.145 e. The molecule has 0 aromatic carbocycles. The molecule has 1 saturated heterocycles. The molecular formula is C16H18N6. The number of nitrogens with one attached hydrogen (secondary N) is 2. The van der Waals surface area contributed by atoms with Gasteiger partial charge >= 0.3 is 0 Å². The maximum absolute atomic E-state index is 4.71. The maximum Gasteiger partial charge on any atom is 0.145 e. The highest BCUT2D eigenvalue weighted by molar-refractivity contribution is 5.61. The van der Waals surface area contributed by atoms with Crippen LogP contribution in [0.25, 0.3) is 17.0 Å². The van der Waals surface area contributed by atoms with Gasteiger partial charge in [0, 0.05) is 18.3 Å². The van der Waals surface area contributed by atoms with E-state index in [9.17, 15) is 0 Å². The zero-order valence-electron chi connectivity index (χ0n) is 12.5. The summed E-state index contributed by atoms with van der Waals surface area (Å²) < 4.78 is 2.10. The first-order valence-electron chi connectivity index (χ1n) is 7.54. The van der Waals surface area contributed by atoms with Gasteiger partial charge in [0.1, 0.15) is 17.2 Å². The number of anilines is 1. The third-order valence-corrected chi connectivity index (χ3v) is 4.03. The molecule has 0 saturated carbocycles. The van der Waals surface area contributed by atoms with Crippen LogP contribution < -0.4 is 10.6 Å². The van der Waals surface area contributed by atoms with Crippen molar-refractivity contribution >= 4 is 11.5 Å². The molecule has 6 nitrogen and oxygen atoms in total. The highest BCUT2D eigenvalue weighted by Gasteiger charge is 2.15. The van der Waals surface area contributed by atoms with Crippen molar-refractivity contribution in [1.82, 2.24) is 24.7 Å². The second-order valence-corrected chi connectivity index (χ2v) is 5.63. The number of fused-ring (bicyclic) bond motifs is 1. The fourth-order valence-electron chi connectivity index (χ4n) is 2.93. The average Bonchev–Trinajstić information content (AvgIpc) is 3.17. The summed E-state index contributed by atoms with van der Waals surface area (Å²) in [6.07, 6.45) is 6.53. The lowest BCUT2D eigenvalue weighted by atomic mass is 10.2. The molecule has 0 amide bonds. The molecule has 0 radical (unpaired) electrons. The lowest BCUT2D eigenvalue weighted by Crippen LogP contribution is -2.22. The first kappa shape index (κ1) is 13.2. The van der Waals surface area contributed by atoms with Crippen LogP contribution in [0.2, 0.25) is 0 Å². The van der Waals surface area contributed by atoms with Crippen LogP contribution in [0.5, 0.6) is 0 Å². The number of imidazole rings is 1. The topological polar surface area (TPSA) is 67.1 Å². The summed E-state index contributed by atoms with van der Waals surface area (Å²) in [5.74, 6) is 0.815. The minimum Gasteiger partial charge on any atom is -0.365 e. The Morgan fingerprint density at radius 1 is 1.27 bits per heavy atom. The number of aryl methyl sites for hydroxylation is 1. The van der Waals surface area contributed by atoms with Gasteiger partial charge in [-0.05, 0) is 32.0 Å². The fraction of sp³-hybridized carbons (Fsp3) is 0.312. The molecule has 1 atom stereocenters. The van der Waals surface area contributed by atoms with Crippen LogP contribution in [-0.2, 0) is 0 Å². The van der Waals surface area contributed by atoms with Gasteiger partial charge in [-0.1, -0.05) is 6.07 Å². The number of rotatable bonds is 3. The largest absolute Gasteiger partial charge is 0.365 e. The van der Waals surface area contributed by atoms with E-state index < -0.39 is 0 Å². The zero-order valence-corrected chi connectivity index (χ0v) is 12.5. The van der Waals surface area contributed by atoms with Gasteiger partial charge in [-0.3, -0.25) is 9.38 Å². The Morgan fingerprint density at radius 3 is 3.09 bits per heavy atom. The molecule has 2 N–H and O–H groups in total. The van der Waals surface area contributed by atoms with Crippen molar-refractivity contribution in [3.63, 3.8) is 0 Å². The van der Waals surface area contributed by atoms with Crippen molar-refractivity contribution in [2.75, 3.05) is 18.4 Å². The third-order valence-electron chi connectivity index (χ3n) is 4.03. The SMILES string of the molecule is Cc1cccc2ncc(-c3cncc(NC4CCNC4)n3)n12. The van der Waals surface area contributed by atoms with Gasteiger partial charge in [0.05, 0.1) is 24.3 Å². The van der Waals surface area contributed by atoms with E-state index in [2.05, 4.69) is 38.0 Å². The van der Waals surface area contributed by atoms with E-state index in [1.165, 1.54) is 0 Å². The summed E-state index contributed by atoms with van der Waals surface area (Å²) in [5, 5.41) is 6.78. The second-order valence-electron chi connectivity index (χ2n) is 5.63. The minimum absolute atomic E-state index is 0.425. The van der Waals surface area contributed by atoms with Crippen molar-refractivity contribution in [2.45, 2.75) is 19.4 Å². The van der Waals surface area contributed by atoms with E-state index in [4.69, 9.17) is 4.98 Å². The number of nitrogens with zero attached hydrogens (tertiary/aromatic N) is 4. The molecule has 3 aromatic rings. The Labute approximate surface area is 128 Å². The van der Waals surface area contributed by atoms with Gasteiger partial charge in [-0.2, -0.15) is 0 Å². The van der Waals surface area contributed by atoms with Gasteiger partial charge in [0.2, 0.25) is 0 Å². The number of pyridine rings is 1. The molecule has 4 heterocycles. The van der Waals surface area contributed by atoms with Gasteiger partial charge in [0.15, 0.2) is 0 Å². The summed E-state index contributed by atoms with van der Waals surface area (Å²) >= 11 is 0. The van der Waals surface area contributed by atoms with E-state index in [1.54, 1.807) is 12.4 Å². The van der Waals surface area contributed by atoms with Crippen LogP contribution in [0.3, 0.4) is 0 Å². The lowest BCUT2D eigenvalue weighted by molar-refractivity contribution is 0.786. The molecular weight excluding hydrogens is 276 g/mol. The minimum atomic E-state index is 0.425. The van der Waals surface area contributed by atoms with Crippen molar-refractivity contribution in [3.05, 3.63) is 42.5 Å². The summed E-state index contributed by atoms with van der Waals surface area (Å²) in [7, 11) is 0. The molecule has 0 bridgehead atoms. The Kier molecular flexibility index (Phi) is 3.23. The van der Waals surface area contributed by atoms with Crippen molar-refractivity contribution in [2.24, 2.45) is 0 Å². The molecule has 1 aliphatic heterocycles. The average molecular weight is 294 g/mol. The van der Waals surface area contributed by atoms with E-state index >= 15 is 0 Å². The predicted octanol–water partition coefficient (Wildman–Crippen LogP) is 1.87. The van der Waals surface area contributed by atoms with E-state index in [0.717, 1.165) is 48.1 Å². The molecule has 1 aliphatic rings. The summed E-state index contributed by atoms with van der Waals surface area (Å²) in [5.41, 5.74) is 3.85.